The first kappa shape index (κ1) is 18.6. The summed E-state index contributed by atoms with van der Waals surface area (Å²) in [6, 6.07) is 2.08. The number of piperazine rings is 1. The molecule has 2 N–H and O–H groups in total. The minimum atomic E-state index is -2.67. The lowest BCUT2D eigenvalue weighted by atomic mass is 9.99. The van der Waals surface area contributed by atoms with E-state index in [0.717, 1.165) is 24.5 Å². The molecule has 4 aromatic rings. The normalized spacial score (nSPS) is 19.7. The van der Waals surface area contributed by atoms with Gasteiger partial charge >= 0.3 is 0 Å². The highest BCUT2D eigenvalue weighted by Crippen LogP contribution is 2.31. The van der Waals surface area contributed by atoms with Gasteiger partial charge in [-0.25, -0.2) is 28.7 Å². The number of H-pyrrole nitrogens is 1. The summed E-state index contributed by atoms with van der Waals surface area (Å²) in [5, 5.41) is 10.4. The Morgan fingerprint density at radius 3 is 2.87 bits per heavy atom. The van der Waals surface area contributed by atoms with Crippen molar-refractivity contribution in [1.29, 1.82) is 0 Å². The highest BCUT2D eigenvalue weighted by Gasteiger charge is 2.31. The summed E-state index contributed by atoms with van der Waals surface area (Å²) in [4.78, 5) is 19.3. The molecule has 11 heteroatoms. The standard InChI is InChI=1S/C19H19F2N9/c1-11-17(12-6-26-27-7-12)29(5-4-22-11)15-2-3-23-19(28-15)14-8-25-16-9-24-13(18(20)21)10-30(14)16/h2-3,6-11,17-18,22H,4-5H2,1H3,(H,26,27). The maximum Gasteiger partial charge on any atom is 0.281 e. The molecule has 0 amide bonds. The molecule has 0 aliphatic carbocycles. The molecule has 0 radical (unpaired) electrons. The van der Waals surface area contributed by atoms with E-state index in [1.165, 1.54) is 12.4 Å². The number of aromatic nitrogens is 7. The summed E-state index contributed by atoms with van der Waals surface area (Å²) in [6.07, 6.45) is 6.86. The van der Waals surface area contributed by atoms with Crippen LogP contribution in [0.15, 0.2) is 43.2 Å². The molecule has 2 atom stereocenters. The summed E-state index contributed by atoms with van der Waals surface area (Å²) in [5.41, 5.74) is 1.71. The topological polar surface area (TPSA) is 99.9 Å². The molecule has 0 spiro atoms. The monoisotopic (exact) mass is 411 g/mol. The number of aromatic amines is 1. The van der Waals surface area contributed by atoms with Gasteiger partial charge in [0.2, 0.25) is 0 Å². The molecule has 30 heavy (non-hydrogen) atoms. The predicted molar refractivity (Wildman–Crippen MR) is 105 cm³/mol. The first-order chi connectivity index (χ1) is 14.6. The maximum absolute atomic E-state index is 13.1. The number of anilines is 1. The van der Waals surface area contributed by atoms with Crippen molar-refractivity contribution in [2.75, 3.05) is 18.0 Å². The van der Waals surface area contributed by atoms with E-state index in [1.807, 2.05) is 18.5 Å². The molecular weight excluding hydrogens is 392 g/mol. The van der Waals surface area contributed by atoms with Crippen LogP contribution in [0.5, 0.6) is 0 Å². The van der Waals surface area contributed by atoms with Gasteiger partial charge in [-0.05, 0) is 13.0 Å². The van der Waals surface area contributed by atoms with Crippen molar-refractivity contribution < 1.29 is 8.78 Å². The first-order valence-electron chi connectivity index (χ1n) is 9.55. The number of fused-ring (bicyclic) bond motifs is 1. The zero-order chi connectivity index (χ0) is 20.7. The van der Waals surface area contributed by atoms with E-state index in [0.29, 0.717) is 17.2 Å². The molecule has 1 saturated heterocycles. The van der Waals surface area contributed by atoms with E-state index in [2.05, 4.69) is 42.3 Å². The van der Waals surface area contributed by atoms with E-state index in [1.54, 1.807) is 16.8 Å². The number of hydrogen-bond acceptors (Lipinski definition) is 7. The van der Waals surface area contributed by atoms with Crippen molar-refractivity contribution >= 4 is 11.5 Å². The maximum atomic E-state index is 13.1. The number of alkyl halides is 2. The largest absolute Gasteiger partial charge is 0.346 e. The van der Waals surface area contributed by atoms with Crippen LogP contribution in [-0.2, 0) is 0 Å². The molecule has 1 aliphatic heterocycles. The smallest absolute Gasteiger partial charge is 0.281 e. The molecule has 0 aromatic carbocycles. The summed E-state index contributed by atoms with van der Waals surface area (Å²) in [7, 11) is 0. The molecule has 5 heterocycles. The fourth-order valence-corrected chi connectivity index (χ4v) is 3.90. The van der Waals surface area contributed by atoms with E-state index in [9.17, 15) is 8.78 Å². The average Bonchev–Trinajstić information content (AvgIpc) is 3.43. The third-order valence-electron chi connectivity index (χ3n) is 5.29. The highest BCUT2D eigenvalue weighted by atomic mass is 19.3. The third-order valence-corrected chi connectivity index (χ3v) is 5.29. The number of halogens is 2. The zero-order valence-electron chi connectivity index (χ0n) is 16.1. The lowest BCUT2D eigenvalue weighted by Gasteiger charge is -2.41. The van der Waals surface area contributed by atoms with Crippen LogP contribution in [-0.4, -0.2) is 53.7 Å². The van der Waals surface area contributed by atoms with Gasteiger partial charge in [-0.15, -0.1) is 0 Å². The van der Waals surface area contributed by atoms with Crippen LogP contribution in [0.25, 0.3) is 17.2 Å². The van der Waals surface area contributed by atoms with Gasteiger partial charge in [0, 0.05) is 43.3 Å². The quantitative estimate of drug-likeness (QED) is 0.532. The van der Waals surface area contributed by atoms with Crippen LogP contribution >= 0.6 is 0 Å². The van der Waals surface area contributed by atoms with E-state index < -0.39 is 6.43 Å². The van der Waals surface area contributed by atoms with Gasteiger partial charge in [-0.2, -0.15) is 5.10 Å². The van der Waals surface area contributed by atoms with Gasteiger partial charge in [0.15, 0.2) is 11.5 Å². The molecule has 9 nitrogen and oxygen atoms in total. The predicted octanol–water partition coefficient (Wildman–Crippen LogP) is 2.39. The van der Waals surface area contributed by atoms with Gasteiger partial charge in [-0.1, -0.05) is 0 Å². The van der Waals surface area contributed by atoms with Gasteiger partial charge in [0.25, 0.3) is 6.43 Å². The Morgan fingerprint density at radius 1 is 1.17 bits per heavy atom. The Kier molecular flexibility index (Phi) is 4.58. The van der Waals surface area contributed by atoms with E-state index in [-0.39, 0.29) is 17.8 Å². The van der Waals surface area contributed by atoms with Gasteiger partial charge < -0.3 is 10.2 Å². The average molecular weight is 411 g/mol. The summed E-state index contributed by atoms with van der Waals surface area (Å²) < 4.78 is 27.8. The molecule has 5 rings (SSSR count). The molecule has 0 bridgehead atoms. The van der Waals surface area contributed by atoms with Crippen molar-refractivity contribution in [1.82, 2.24) is 39.9 Å². The Morgan fingerprint density at radius 2 is 2.07 bits per heavy atom. The SMILES string of the molecule is CC1NCCN(c2ccnc(-c3cnc4cnc(C(F)F)cn34)n2)C1c1cn[nH]c1. The summed E-state index contributed by atoms with van der Waals surface area (Å²) in [5.74, 6) is 1.15. The minimum absolute atomic E-state index is 0.0390. The van der Waals surface area contributed by atoms with Crippen molar-refractivity contribution in [3.63, 3.8) is 0 Å². The molecular formula is C19H19F2N9. The van der Waals surface area contributed by atoms with Gasteiger partial charge in [0.05, 0.1) is 24.6 Å². The molecule has 2 unspecified atom stereocenters. The Hall–Kier alpha value is -3.47. The number of imidazole rings is 1. The number of hydrogen-bond donors (Lipinski definition) is 2. The molecule has 154 valence electrons. The Labute approximate surface area is 170 Å². The molecule has 1 fully saturated rings. The van der Waals surface area contributed by atoms with Crippen LogP contribution in [0.2, 0.25) is 0 Å². The summed E-state index contributed by atoms with van der Waals surface area (Å²) in [6.45, 7) is 3.69. The number of nitrogens with zero attached hydrogens (tertiary/aromatic N) is 7. The van der Waals surface area contributed by atoms with Crippen LogP contribution in [0.3, 0.4) is 0 Å². The number of nitrogens with one attached hydrogen (secondary N) is 2. The second-order valence-electron chi connectivity index (χ2n) is 7.14. The lowest BCUT2D eigenvalue weighted by Crippen LogP contribution is -2.51. The third kappa shape index (κ3) is 3.16. The minimum Gasteiger partial charge on any atom is -0.346 e. The van der Waals surface area contributed by atoms with E-state index >= 15 is 0 Å². The van der Waals surface area contributed by atoms with Crippen molar-refractivity contribution in [3.8, 4) is 11.5 Å². The van der Waals surface area contributed by atoms with Crippen LogP contribution in [0.1, 0.15) is 30.6 Å². The van der Waals surface area contributed by atoms with Crippen LogP contribution < -0.4 is 10.2 Å². The zero-order valence-corrected chi connectivity index (χ0v) is 16.1. The van der Waals surface area contributed by atoms with Gasteiger partial charge in [0.1, 0.15) is 17.2 Å². The van der Waals surface area contributed by atoms with Crippen LogP contribution in [0, 0.1) is 0 Å². The van der Waals surface area contributed by atoms with Crippen molar-refractivity contribution in [3.05, 3.63) is 54.5 Å². The van der Waals surface area contributed by atoms with E-state index in [4.69, 9.17) is 4.98 Å². The fraction of sp³-hybridized carbons (Fsp3) is 0.316. The fourth-order valence-electron chi connectivity index (χ4n) is 3.90. The Bertz CT molecular complexity index is 1160. The molecule has 4 aromatic heterocycles. The molecule has 0 saturated carbocycles. The van der Waals surface area contributed by atoms with Crippen LogP contribution in [0.4, 0.5) is 14.6 Å². The second kappa shape index (κ2) is 7.41. The highest BCUT2D eigenvalue weighted by molar-refractivity contribution is 5.58. The Balaban J connectivity index is 1.56. The summed E-state index contributed by atoms with van der Waals surface area (Å²) >= 11 is 0. The second-order valence-corrected chi connectivity index (χ2v) is 7.14. The van der Waals surface area contributed by atoms with Gasteiger partial charge in [-0.3, -0.25) is 9.50 Å². The van der Waals surface area contributed by atoms with Crippen molar-refractivity contribution in [2.45, 2.75) is 25.4 Å². The van der Waals surface area contributed by atoms with Crippen molar-refractivity contribution in [2.24, 2.45) is 0 Å². The lowest BCUT2D eigenvalue weighted by molar-refractivity contribution is 0.145. The first-order valence-corrected chi connectivity index (χ1v) is 9.55. The molecule has 1 aliphatic rings. The number of rotatable bonds is 4.